The number of hydrogen-bond acceptors (Lipinski definition) is 9. The Morgan fingerprint density at radius 2 is 1.52 bits per heavy atom. The zero-order valence-corrected chi connectivity index (χ0v) is 32.8. The maximum atomic E-state index is 12.2. The van der Waals surface area contributed by atoms with E-state index in [4.69, 9.17) is 4.55 Å². The normalized spacial score (nSPS) is 17.9. The second kappa shape index (κ2) is 14.7. The van der Waals surface area contributed by atoms with Gasteiger partial charge in [-0.05, 0) is 87.0 Å². The number of aromatic carboxylic acids is 1. The number of unbranched alkanes of at least 4 members (excludes halogenated alkanes) is 1. The summed E-state index contributed by atoms with van der Waals surface area (Å²) in [6, 6.07) is 9.96. The molecular formula is C38H42N2O11S3. The second-order valence-electron chi connectivity index (χ2n) is 14.1. The summed E-state index contributed by atoms with van der Waals surface area (Å²) in [5.41, 5.74) is 3.44. The van der Waals surface area contributed by atoms with Crippen molar-refractivity contribution in [2.75, 3.05) is 23.7 Å². The molecule has 0 amide bonds. The minimum absolute atomic E-state index is 0.0530. The molecule has 0 radical (unpaired) electrons. The molecule has 3 aromatic rings. The predicted octanol–water partition coefficient (Wildman–Crippen LogP) is 6.10. The molecule has 0 saturated carbocycles. The summed E-state index contributed by atoms with van der Waals surface area (Å²) < 4.78 is 104. The Hall–Kier alpha value is -4.45. The monoisotopic (exact) mass is 798 g/mol. The van der Waals surface area contributed by atoms with E-state index in [-0.39, 0.29) is 28.5 Å². The Morgan fingerprint density at radius 1 is 0.852 bits per heavy atom. The SMILES string of the molecule is CC[N+]1=C(/C=C/C=C/C=C/C=C2\N(CCCCS(=O)(=O)O)c3ccc(C(=O)O)cc3C2(C)C)C(C)(C)c2c1ccc1c(S(=O)(=O)[O-])cc(S(=O)(=O)O)cc21. The Labute approximate surface area is 315 Å². The average molecular weight is 799 g/mol. The fourth-order valence-electron chi connectivity index (χ4n) is 7.43. The van der Waals surface area contributed by atoms with Crippen LogP contribution in [0.3, 0.4) is 0 Å². The van der Waals surface area contributed by atoms with Gasteiger partial charge < -0.3 is 14.6 Å². The highest BCUT2D eigenvalue weighted by Gasteiger charge is 2.45. The number of carboxylic acids is 1. The van der Waals surface area contributed by atoms with Crippen molar-refractivity contribution < 1.29 is 53.4 Å². The second-order valence-corrected chi connectivity index (χ2v) is 18.5. The highest BCUT2D eigenvalue weighted by atomic mass is 32.2. The topological polar surface area (TPSA) is 209 Å². The van der Waals surface area contributed by atoms with Gasteiger partial charge in [-0.2, -0.15) is 21.4 Å². The molecule has 2 heterocycles. The number of hydrogen-bond donors (Lipinski definition) is 3. The first-order valence-electron chi connectivity index (χ1n) is 17.0. The summed E-state index contributed by atoms with van der Waals surface area (Å²) in [6.45, 7) is 10.7. The zero-order chi connectivity index (χ0) is 40.0. The van der Waals surface area contributed by atoms with Crippen molar-refractivity contribution in [3.05, 3.63) is 107 Å². The van der Waals surface area contributed by atoms with Crippen molar-refractivity contribution in [2.45, 2.75) is 68.1 Å². The molecule has 0 spiro atoms. The largest absolute Gasteiger partial charge is 0.744 e. The lowest BCUT2D eigenvalue weighted by Crippen LogP contribution is -2.27. The van der Waals surface area contributed by atoms with Gasteiger partial charge in [0.1, 0.15) is 16.7 Å². The van der Waals surface area contributed by atoms with Gasteiger partial charge in [0, 0.05) is 46.4 Å². The van der Waals surface area contributed by atoms with Gasteiger partial charge >= 0.3 is 5.97 Å². The smallest absolute Gasteiger partial charge is 0.335 e. The molecule has 5 rings (SSSR count). The lowest BCUT2D eigenvalue weighted by atomic mass is 9.79. The number of benzene rings is 3. The van der Waals surface area contributed by atoms with E-state index in [1.54, 1.807) is 18.2 Å². The van der Waals surface area contributed by atoms with Crippen LogP contribution in [0.15, 0.2) is 100 Å². The molecule has 0 aliphatic carbocycles. The van der Waals surface area contributed by atoms with Crippen LogP contribution in [-0.4, -0.2) is 79.1 Å². The van der Waals surface area contributed by atoms with E-state index in [0.29, 0.717) is 36.8 Å². The fraction of sp³-hybridized carbons (Fsp3) is 0.316. The molecule has 0 aromatic heterocycles. The number of carbonyl (C=O) groups is 1. The van der Waals surface area contributed by atoms with E-state index in [1.165, 1.54) is 18.2 Å². The van der Waals surface area contributed by atoms with Gasteiger partial charge in [-0.3, -0.25) is 9.11 Å². The zero-order valence-electron chi connectivity index (χ0n) is 30.3. The minimum atomic E-state index is -5.10. The molecular weight excluding hydrogens is 757 g/mol. The van der Waals surface area contributed by atoms with E-state index < -0.39 is 56.9 Å². The molecule has 0 fully saturated rings. The molecule has 0 bridgehead atoms. The van der Waals surface area contributed by atoms with Gasteiger partial charge in [0.2, 0.25) is 5.69 Å². The van der Waals surface area contributed by atoms with E-state index >= 15 is 0 Å². The third kappa shape index (κ3) is 7.99. The van der Waals surface area contributed by atoms with E-state index in [1.807, 2.05) is 86.6 Å². The first-order chi connectivity index (χ1) is 25.0. The molecule has 2 aliphatic rings. The molecule has 3 aromatic carbocycles. The third-order valence-corrected chi connectivity index (χ3v) is 12.4. The lowest BCUT2D eigenvalue weighted by Gasteiger charge is -2.27. The third-order valence-electron chi connectivity index (χ3n) is 9.90. The summed E-state index contributed by atoms with van der Waals surface area (Å²) in [5, 5.41) is 9.88. The Bertz CT molecular complexity index is 2540. The molecule has 0 unspecified atom stereocenters. The van der Waals surface area contributed by atoms with Gasteiger partial charge in [-0.1, -0.05) is 44.2 Å². The summed E-state index contributed by atoms with van der Waals surface area (Å²) in [6.07, 6.45) is 13.6. The predicted molar refractivity (Wildman–Crippen MR) is 205 cm³/mol. The van der Waals surface area contributed by atoms with Gasteiger partial charge in [-0.25, -0.2) is 13.2 Å². The highest BCUT2D eigenvalue weighted by Crippen LogP contribution is 2.49. The number of nitrogens with zero attached hydrogens (tertiary/aromatic N) is 2. The van der Waals surface area contributed by atoms with Crippen LogP contribution in [0.25, 0.3) is 10.8 Å². The number of fused-ring (bicyclic) bond motifs is 4. The van der Waals surface area contributed by atoms with Crippen LogP contribution < -0.4 is 4.90 Å². The van der Waals surface area contributed by atoms with Crippen molar-refractivity contribution in [2.24, 2.45) is 0 Å². The van der Waals surface area contributed by atoms with Crippen molar-refractivity contribution in [1.29, 1.82) is 0 Å². The van der Waals surface area contributed by atoms with E-state index in [9.17, 15) is 44.3 Å². The Morgan fingerprint density at radius 3 is 2.13 bits per heavy atom. The summed E-state index contributed by atoms with van der Waals surface area (Å²) >= 11 is 0. The Kier molecular flexibility index (Phi) is 11.1. The first kappa shape index (κ1) is 40.7. The fourth-order valence-corrected chi connectivity index (χ4v) is 9.32. The number of allylic oxidation sites excluding steroid dienone is 8. The van der Waals surface area contributed by atoms with Crippen LogP contribution in [-0.2, 0) is 41.2 Å². The molecule has 0 saturated heterocycles. The molecule has 13 nitrogen and oxygen atoms in total. The summed E-state index contributed by atoms with van der Waals surface area (Å²) in [4.78, 5) is 12.3. The quantitative estimate of drug-likeness (QED) is 0.0775. The van der Waals surface area contributed by atoms with Gasteiger partial charge in [0.05, 0.1) is 26.5 Å². The first-order valence-corrected chi connectivity index (χ1v) is 21.5. The lowest BCUT2D eigenvalue weighted by molar-refractivity contribution is -0.433. The molecule has 3 N–H and O–H groups in total. The van der Waals surface area contributed by atoms with E-state index in [2.05, 4.69) is 0 Å². The molecule has 54 heavy (non-hydrogen) atoms. The standard InChI is InChI=1S/C38H42N2O11S3/c1-6-39-31-19-17-27-28(23-26(53(46,47)48)24-32(27)54(49,50)51)35(31)38(4,5)34(39)15-11-9-7-8-10-14-33-37(2,3)29-22-25(36(41)42)16-18-30(29)40(33)20-12-13-21-52(43,44)45/h7-11,14-19,22-24H,6,12-13,20-21H2,1-5H3,(H3-,41,42,43,44,45,46,47,48,49,50,51). The average Bonchev–Trinajstić information content (AvgIpc) is 3.42. The van der Waals surface area contributed by atoms with Crippen molar-refractivity contribution in [3.63, 3.8) is 0 Å². The van der Waals surface area contributed by atoms with Crippen LogP contribution >= 0.6 is 0 Å². The van der Waals surface area contributed by atoms with Crippen LogP contribution in [0.5, 0.6) is 0 Å². The van der Waals surface area contributed by atoms with Crippen molar-refractivity contribution in [3.8, 4) is 0 Å². The highest BCUT2D eigenvalue weighted by molar-refractivity contribution is 7.86. The van der Waals surface area contributed by atoms with E-state index in [0.717, 1.165) is 22.7 Å². The van der Waals surface area contributed by atoms with Gasteiger partial charge in [0.15, 0.2) is 5.71 Å². The van der Waals surface area contributed by atoms with Crippen molar-refractivity contribution in [1.82, 2.24) is 0 Å². The summed E-state index contributed by atoms with van der Waals surface area (Å²) in [5.74, 6) is -1.40. The van der Waals surface area contributed by atoms with Gasteiger partial charge in [-0.15, -0.1) is 0 Å². The molecule has 288 valence electrons. The van der Waals surface area contributed by atoms with Crippen molar-refractivity contribution >= 4 is 64.2 Å². The molecule has 16 heteroatoms. The maximum absolute atomic E-state index is 12.2. The number of carboxylic acid groups (broad SMARTS) is 1. The van der Waals surface area contributed by atoms with Crippen LogP contribution in [0.1, 0.15) is 68.9 Å². The van der Waals surface area contributed by atoms with Crippen LogP contribution in [0.4, 0.5) is 11.4 Å². The van der Waals surface area contributed by atoms with Crippen LogP contribution in [0.2, 0.25) is 0 Å². The minimum Gasteiger partial charge on any atom is -0.744 e. The maximum Gasteiger partial charge on any atom is 0.335 e. The summed E-state index contributed by atoms with van der Waals surface area (Å²) in [7, 11) is -14.0. The number of rotatable bonds is 13. The van der Waals surface area contributed by atoms with Crippen LogP contribution in [0, 0.1) is 0 Å². The van der Waals surface area contributed by atoms with Gasteiger partial charge in [0.25, 0.3) is 20.2 Å². The Balaban J connectivity index is 1.44. The molecule has 0 atom stereocenters. The number of anilines is 1. The molecule has 2 aliphatic heterocycles.